The zero-order chi connectivity index (χ0) is 17.1. The van der Waals surface area contributed by atoms with Gasteiger partial charge < -0.3 is 15.2 Å². The number of rotatable bonds is 11. The van der Waals surface area contributed by atoms with Crippen molar-refractivity contribution in [3.8, 4) is 5.75 Å². The third-order valence-electron chi connectivity index (χ3n) is 3.32. The van der Waals surface area contributed by atoms with Crippen molar-refractivity contribution >= 4 is 23.6 Å². The molecule has 0 fully saturated rings. The molecule has 0 radical (unpaired) electrons. The lowest BCUT2D eigenvalue weighted by Crippen LogP contribution is -2.41. The maximum absolute atomic E-state index is 11.8. The fourth-order valence-electron chi connectivity index (χ4n) is 1.95. The average molecular weight is 339 g/mol. The van der Waals surface area contributed by atoms with Gasteiger partial charge in [0, 0.05) is 0 Å². The summed E-state index contributed by atoms with van der Waals surface area (Å²) in [5.41, 5.74) is 1.23. The Balaban J connectivity index is 2.32. The molecule has 23 heavy (non-hydrogen) atoms. The molecule has 0 spiro atoms. The van der Waals surface area contributed by atoms with Crippen LogP contribution in [0.4, 0.5) is 0 Å². The van der Waals surface area contributed by atoms with Gasteiger partial charge in [0.15, 0.2) is 0 Å². The molecule has 1 rings (SSSR count). The van der Waals surface area contributed by atoms with Crippen LogP contribution < -0.4 is 10.1 Å². The average Bonchev–Trinajstić information content (AvgIpc) is 2.54. The second-order valence-electron chi connectivity index (χ2n) is 5.04. The monoisotopic (exact) mass is 339 g/mol. The van der Waals surface area contributed by atoms with Gasteiger partial charge in [-0.3, -0.25) is 4.79 Å². The fraction of sp³-hybridized carbons (Fsp3) is 0.529. The lowest BCUT2D eigenvalue weighted by molar-refractivity contribution is -0.141. The van der Waals surface area contributed by atoms with Gasteiger partial charge in [-0.25, -0.2) is 4.79 Å². The molecule has 0 saturated carbocycles. The highest BCUT2D eigenvalue weighted by molar-refractivity contribution is 7.99. The number of carbonyl (C=O) groups excluding carboxylic acids is 1. The molecule has 0 bridgehead atoms. The van der Waals surface area contributed by atoms with Crippen LogP contribution in [0.2, 0.25) is 0 Å². The summed E-state index contributed by atoms with van der Waals surface area (Å²) in [6.45, 7) is 4.33. The zero-order valence-corrected chi connectivity index (χ0v) is 14.5. The Labute approximate surface area is 141 Å². The zero-order valence-electron chi connectivity index (χ0n) is 13.7. The second-order valence-corrected chi connectivity index (χ2v) is 6.43. The molecular weight excluding hydrogens is 314 g/mol. The SMILES string of the molecule is CCSCCC(NC(=O)CCOc1ccc(CC)cc1)C(=O)O. The molecule has 0 aliphatic heterocycles. The summed E-state index contributed by atoms with van der Waals surface area (Å²) in [6, 6.07) is 6.89. The van der Waals surface area contributed by atoms with Crippen LogP contribution in [0, 0.1) is 0 Å². The Bertz CT molecular complexity index is 490. The maximum atomic E-state index is 11.8. The van der Waals surface area contributed by atoms with E-state index in [9.17, 15) is 9.59 Å². The number of benzene rings is 1. The summed E-state index contributed by atoms with van der Waals surface area (Å²) in [4.78, 5) is 22.9. The topological polar surface area (TPSA) is 75.6 Å². The summed E-state index contributed by atoms with van der Waals surface area (Å²) in [5.74, 6) is 1.07. The van der Waals surface area contributed by atoms with Crippen LogP contribution in [0.1, 0.15) is 32.3 Å². The number of thioether (sulfide) groups is 1. The molecule has 0 aromatic heterocycles. The molecule has 1 unspecified atom stereocenters. The molecule has 2 N–H and O–H groups in total. The number of hydrogen-bond donors (Lipinski definition) is 2. The number of ether oxygens (including phenoxy) is 1. The minimum atomic E-state index is -0.994. The van der Waals surface area contributed by atoms with Crippen molar-refractivity contribution < 1.29 is 19.4 Å². The van der Waals surface area contributed by atoms with Gasteiger partial charge in [-0.1, -0.05) is 26.0 Å². The molecule has 1 aromatic rings. The summed E-state index contributed by atoms with van der Waals surface area (Å²) >= 11 is 1.66. The van der Waals surface area contributed by atoms with E-state index in [1.807, 2.05) is 31.2 Å². The van der Waals surface area contributed by atoms with E-state index in [0.29, 0.717) is 17.9 Å². The predicted molar refractivity (Wildman–Crippen MR) is 93.1 cm³/mol. The lowest BCUT2D eigenvalue weighted by Gasteiger charge is -2.14. The van der Waals surface area contributed by atoms with E-state index in [2.05, 4.69) is 12.2 Å². The van der Waals surface area contributed by atoms with E-state index in [1.165, 1.54) is 5.56 Å². The Kier molecular flexibility index (Phi) is 9.21. The number of carbonyl (C=O) groups is 2. The molecule has 5 nitrogen and oxygen atoms in total. The van der Waals surface area contributed by atoms with Gasteiger partial charge in [0.2, 0.25) is 5.91 Å². The highest BCUT2D eigenvalue weighted by Crippen LogP contribution is 2.12. The van der Waals surface area contributed by atoms with E-state index < -0.39 is 12.0 Å². The van der Waals surface area contributed by atoms with E-state index >= 15 is 0 Å². The van der Waals surface area contributed by atoms with E-state index in [4.69, 9.17) is 9.84 Å². The molecule has 128 valence electrons. The van der Waals surface area contributed by atoms with Crippen molar-refractivity contribution in [1.29, 1.82) is 0 Å². The summed E-state index contributed by atoms with van der Waals surface area (Å²) < 4.78 is 5.50. The summed E-state index contributed by atoms with van der Waals surface area (Å²) in [6.07, 6.45) is 1.54. The molecule has 0 aliphatic rings. The number of carboxylic acid groups (broad SMARTS) is 1. The Morgan fingerprint density at radius 1 is 1.26 bits per heavy atom. The van der Waals surface area contributed by atoms with Crippen LogP contribution in [-0.2, 0) is 16.0 Å². The first kappa shape index (κ1) is 19.4. The van der Waals surface area contributed by atoms with Crippen LogP contribution in [0.5, 0.6) is 5.75 Å². The van der Waals surface area contributed by atoms with Gasteiger partial charge in [-0.2, -0.15) is 11.8 Å². The van der Waals surface area contributed by atoms with E-state index in [-0.39, 0.29) is 18.9 Å². The number of hydrogen-bond acceptors (Lipinski definition) is 4. The predicted octanol–water partition coefficient (Wildman–Crippen LogP) is 2.73. The number of amides is 1. The van der Waals surface area contributed by atoms with Crippen molar-refractivity contribution in [2.24, 2.45) is 0 Å². The summed E-state index contributed by atoms with van der Waals surface area (Å²) in [7, 11) is 0. The van der Waals surface area contributed by atoms with Crippen molar-refractivity contribution in [1.82, 2.24) is 5.32 Å². The number of aryl methyl sites for hydroxylation is 1. The molecule has 1 aromatic carbocycles. The standard InChI is InChI=1S/C17H25NO4S/c1-3-13-5-7-14(8-6-13)22-11-9-16(19)18-15(17(20)21)10-12-23-4-2/h5-8,15H,3-4,9-12H2,1-2H3,(H,18,19)(H,20,21). The van der Waals surface area contributed by atoms with Crippen LogP contribution in [0.3, 0.4) is 0 Å². The van der Waals surface area contributed by atoms with Crippen molar-refractivity contribution in [3.63, 3.8) is 0 Å². The summed E-state index contributed by atoms with van der Waals surface area (Å²) in [5, 5.41) is 11.7. The third-order valence-corrected chi connectivity index (χ3v) is 4.25. The van der Waals surface area contributed by atoms with Crippen LogP contribution in [0.25, 0.3) is 0 Å². The Morgan fingerprint density at radius 2 is 1.96 bits per heavy atom. The molecule has 0 saturated heterocycles. The van der Waals surface area contributed by atoms with Crippen LogP contribution >= 0.6 is 11.8 Å². The lowest BCUT2D eigenvalue weighted by atomic mass is 10.2. The highest BCUT2D eigenvalue weighted by Gasteiger charge is 2.19. The molecule has 0 heterocycles. The minimum Gasteiger partial charge on any atom is -0.493 e. The van der Waals surface area contributed by atoms with E-state index in [1.54, 1.807) is 11.8 Å². The first-order valence-corrected chi connectivity index (χ1v) is 9.03. The second kappa shape index (κ2) is 10.9. The molecule has 6 heteroatoms. The molecule has 0 aliphatic carbocycles. The smallest absolute Gasteiger partial charge is 0.326 e. The minimum absolute atomic E-state index is 0.139. The Hall–Kier alpha value is -1.69. The number of nitrogens with one attached hydrogen (secondary N) is 1. The first-order valence-electron chi connectivity index (χ1n) is 7.88. The van der Waals surface area contributed by atoms with Crippen LogP contribution in [0.15, 0.2) is 24.3 Å². The van der Waals surface area contributed by atoms with Gasteiger partial charge in [-0.15, -0.1) is 0 Å². The highest BCUT2D eigenvalue weighted by atomic mass is 32.2. The van der Waals surface area contributed by atoms with Crippen LogP contribution in [-0.4, -0.2) is 41.1 Å². The van der Waals surface area contributed by atoms with Gasteiger partial charge in [0.1, 0.15) is 11.8 Å². The van der Waals surface area contributed by atoms with Gasteiger partial charge in [0.05, 0.1) is 13.0 Å². The first-order chi connectivity index (χ1) is 11.1. The molecular formula is C17H25NO4S. The third kappa shape index (κ3) is 7.93. The van der Waals surface area contributed by atoms with Gasteiger partial charge in [-0.05, 0) is 42.0 Å². The normalized spacial score (nSPS) is 11.7. The van der Waals surface area contributed by atoms with Crippen molar-refractivity contribution in [2.45, 2.75) is 39.2 Å². The largest absolute Gasteiger partial charge is 0.493 e. The number of carboxylic acids is 1. The van der Waals surface area contributed by atoms with Gasteiger partial charge >= 0.3 is 5.97 Å². The Morgan fingerprint density at radius 3 is 2.52 bits per heavy atom. The van der Waals surface area contributed by atoms with Crippen molar-refractivity contribution in [2.75, 3.05) is 18.1 Å². The van der Waals surface area contributed by atoms with Crippen molar-refractivity contribution in [3.05, 3.63) is 29.8 Å². The number of aliphatic carboxylic acids is 1. The van der Waals surface area contributed by atoms with Gasteiger partial charge in [0.25, 0.3) is 0 Å². The molecule has 1 atom stereocenters. The maximum Gasteiger partial charge on any atom is 0.326 e. The van der Waals surface area contributed by atoms with E-state index in [0.717, 1.165) is 12.2 Å². The molecule has 1 amide bonds. The quantitative estimate of drug-likeness (QED) is 0.606. The fourth-order valence-corrected chi connectivity index (χ4v) is 2.64.